The van der Waals surface area contributed by atoms with Gasteiger partial charge in [-0.3, -0.25) is 9.69 Å². The Bertz CT molecular complexity index is 425. The van der Waals surface area contributed by atoms with Gasteiger partial charge in [0, 0.05) is 6.54 Å². The van der Waals surface area contributed by atoms with Crippen molar-refractivity contribution in [3.8, 4) is 0 Å². The Hall–Kier alpha value is -0.420. The number of carbonyl (C=O) groups excluding carboxylic acids is 1. The highest BCUT2D eigenvalue weighted by Crippen LogP contribution is 2.23. The molecule has 0 aromatic carbocycles. The molecule has 0 atom stereocenters. The number of thiophene rings is 1. The van der Waals surface area contributed by atoms with E-state index in [-0.39, 0.29) is 5.78 Å². The summed E-state index contributed by atoms with van der Waals surface area (Å²) in [7, 11) is 4.24. The van der Waals surface area contributed by atoms with Gasteiger partial charge in [-0.15, -0.1) is 11.3 Å². The van der Waals surface area contributed by atoms with Crippen molar-refractivity contribution in [1.29, 1.82) is 0 Å². The molecule has 0 unspecified atom stereocenters. The summed E-state index contributed by atoms with van der Waals surface area (Å²) in [6.45, 7) is 3.75. The highest BCUT2D eigenvalue weighted by molar-refractivity contribution is 7.18. The first-order valence-electron chi connectivity index (χ1n) is 6.70. The fourth-order valence-corrected chi connectivity index (χ4v) is 3.56. The minimum atomic E-state index is 0.197. The molecule has 1 fully saturated rings. The molecular weight excluding hydrogens is 280 g/mol. The molecule has 1 aliphatic heterocycles. The van der Waals surface area contributed by atoms with Crippen LogP contribution in [0.4, 0.5) is 0 Å². The van der Waals surface area contributed by atoms with E-state index in [9.17, 15) is 4.79 Å². The summed E-state index contributed by atoms with van der Waals surface area (Å²) in [5, 5.41) is 0. The van der Waals surface area contributed by atoms with E-state index in [1.165, 1.54) is 24.2 Å². The van der Waals surface area contributed by atoms with Gasteiger partial charge in [0.25, 0.3) is 0 Å². The number of hydrogen-bond donors (Lipinski definition) is 0. The number of Topliss-reactive ketones (excluding diaryl/α,β-unsaturated/α-hetero) is 1. The molecule has 0 radical (unpaired) electrons. The van der Waals surface area contributed by atoms with Gasteiger partial charge in [-0.05, 0) is 58.1 Å². The summed E-state index contributed by atoms with van der Waals surface area (Å²) in [6, 6.07) is 3.62. The number of piperidine rings is 1. The van der Waals surface area contributed by atoms with E-state index in [1.807, 2.05) is 6.07 Å². The van der Waals surface area contributed by atoms with Crippen LogP contribution in [-0.4, -0.2) is 55.9 Å². The van der Waals surface area contributed by atoms with Gasteiger partial charge in [0.2, 0.25) is 0 Å². The number of hydrogen-bond acceptors (Lipinski definition) is 4. The highest BCUT2D eigenvalue weighted by atomic mass is 35.5. The molecule has 1 aromatic rings. The second kappa shape index (κ2) is 6.84. The molecule has 0 N–H and O–H groups in total. The summed E-state index contributed by atoms with van der Waals surface area (Å²) >= 11 is 7.24. The lowest BCUT2D eigenvalue weighted by Crippen LogP contribution is -2.39. The van der Waals surface area contributed by atoms with Crippen LogP contribution < -0.4 is 0 Å². The molecule has 3 nitrogen and oxygen atoms in total. The normalized spacial score (nSPS) is 18.1. The SMILES string of the molecule is CN(C)CC1CCN(CC(=O)c2ccc(Cl)s2)CC1. The van der Waals surface area contributed by atoms with Crippen molar-refractivity contribution in [1.82, 2.24) is 9.80 Å². The number of ketones is 1. The lowest BCUT2D eigenvalue weighted by molar-refractivity contribution is 0.0890. The van der Waals surface area contributed by atoms with Crippen molar-refractivity contribution >= 4 is 28.7 Å². The molecular formula is C14H21ClN2OS. The largest absolute Gasteiger partial charge is 0.309 e. The maximum atomic E-state index is 12.1. The second-order valence-electron chi connectivity index (χ2n) is 5.51. The third-order valence-electron chi connectivity index (χ3n) is 3.55. The smallest absolute Gasteiger partial charge is 0.186 e. The van der Waals surface area contributed by atoms with E-state index in [0.717, 1.165) is 30.4 Å². The molecule has 2 rings (SSSR count). The molecule has 2 heterocycles. The van der Waals surface area contributed by atoms with Crippen molar-refractivity contribution in [2.24, 2.45) is 5.92 Å². The number of nitrogens with zero attached hydrogens (tertiary/aromatic N) is 2. The van der Waals surface area contributed by atoms with Crippen LogP contribution in [-0.2, 0) is 0 Å². The Morgan fingerprint density at radius 2 is 2.11 bits per heavy atom. The minimum absolute atomic E-state index is 0.197. The summed E-state index contributed by atoms with van der Waals surface area (Å²) < 4.78 is 0.688. The van der Waals surface area contributed by atoms with Crippen molar-refractivity contribution in [3.63, 3.8) is 0 Å². The highest BCUT2D eigenvalue weighted by Gasteiger charge is 2.22. The molecule has 1 aromatic heterocycles. The van der Waals surface area contributed by atoms with Crippen molar-refractivity contribution in [2.45, 2.75) is 12.8 Å². The second-order valence-corrected chi connectivity index (χ2v) is 7.22. The van der Waals surface area contributed by atoms with Crippen LogP contribution in [0.3, 0.4) is 0 Å². The zero-order valence-electron chi connectivity index (χ0n) is 11.6. The monoisotopic (exact) mass is 300 g/mol. The van der Waals surface area contributed by atoms with Crippen LogP contribution in [0.5, 0.6) is 0 Å². The van der Waals surface area contributed by atoms with Gasteiger partial charge in [-0.2, -0.15) is 0 Å². The maximum absolute atomic E-state index is 12.1. The molecule has 5 heteroatoms. The number of likely N-dealkylation sites (tertiary alicyclic amines) is 1. The Kier molecular flexibility index (Phi) is 5.39. The van der Waals surface area contributed by atoms with Crippen LogP contribution in [0.1, 0.15) is 22.5 Å². The Morgan fingerprint density at radius 3 is 2.63 bits per heavy atom. The van der Waals surface area contributed by atoms with Gasteiger partial charge in [-0.25, -0.2) is 0 Å². The van der Waals surface area contributed by atoms with Crippen molar-refractivity contribution in [2.75, 3.05) is 40.3 Å². The lowest BCUT2D eigenvalue weighted by Gasteiger charge is -2.32. The van der Waals surface area contributed by atoms with Gasteiger partial charge in [0.05, 0.1) is 15.8 Å². The Labute approximate surface area is 124 Å². The van der Waals surface area contributed by atoms with E-state index in [2.05, 4.69) is 23.9 Å². The Morgan fingerprint density at radius 1 is 1.42 bits per heavy atom. The average Bonchev–Trinajstić information content (AvgIpc) is 2.78. The summed E-state index contributed by atoms with van der Waals surface area (Å²) in [6.07, 6.45) is 2.38. The number of halogens is 1. The van der Waals surface area contributed by atoms with E-state index in [0.29, 0.717) is 10.9 Å². The minimum Gasteiger partial charge on any atom is -0.309 e. The standard InChI is InChI=1S/C14H21ClN2OS/c1-16(2)9-11-5-7-17(8-6-11)10-12(18)13-3-4-14(15)19-13/h3-4,11H,5-10H2,1-2H3. The van der Waals surface area contributed by atoms with E-state index in [1.54, 1.807) is 6.07 Å². The zero-order valence-corrected chi connectivity index (χ0v) is 13.1. The topological polar surface area (TPSA) is 23.6 Å². The van der Waals surface area contributed by atoms with E-state index in [4.69, 9.17) is 11.6 Å². The van der Waals surface area contributed by atoms with Gasteiger partial charge in [0.1, 0.15) is 0 Å². The number of carbonyl (C=O) groups is 1. The van der Waals surface area contributed by atoms with Gasteiger partial charge >= 0.3 is 0 Å². The molecule has 0 bridgehead atoms. The third-order valence-corrected chi connectivity index (χ3v) is 4.82. The quantitative estimate of drug-likeness (QED) is 0.781. The Balaban J connectivity index is 1.78. The van der Waals surface area contributed by atoms with E-state index < -0.39 is 0 Å². The van der Waals surface area contributed by atoms with Gasteiger partial charge < -0.3 is 4.90 Å². The first-order valence-corrected chi connectivity index (χ1v) is 7.89. The predicted octanol–water partition coefficient (Wildman–Crippen LogP) is 2.86. The van der Waals surface area contributed by atoms with E-state index >= 15 is 0 Å². The molecule has 0 aliphatic carbocycles. The lowest BCUT2D eigenvalue weighted by atomic mass is 9.96. The average molecular weight is 301 g/mol. The molecule has 106 valence electrons. The molecule has 0 spiro atoms. The fraction of sp³-hybridized carbons (Fsp3) is 0.643. The number of rotatable bonds is 5. The zero-order chi connectivity index (χ0) is 13.8. The molecule has 1 aliphatic rings. The van der Waals surface area contributed by atoms with Gasteiger partial charge in [0.15, 0.2) is 5.78 Å². The van der Waals surface area contributed by atoms with Crippen LogP contribution in [0.2, 0.25) is 4.34 Å². The van der Waals surface area contributed by atoms with Crippen molar-refractivity contribution < 1.29 is 4.79 Å². The summed E-state index contributed by atoms with van der Waals surface area (Å²) in [5.41, 5.74) is 0. The summed E-state index contributed by atoms with van der Waals surface area (Å²) in [5.74, 6) is 0.973. The fourth-order valence-electron chi connectivity index (χ4n) is 2.59. The summed E-state index contributed by atoms with van der Waals surface area (Å²) in [4.78, 5) is 17.4. The van der Waals surface area contributed by atoms with Crippen LogP contribution in [0.25, 0.3) is 0 Å². The van der Waals surface area contributed by atoms with Crippen LogP contribution >= 0.6 is 22.9 Å². The first-order chi connectivity index (χ1) is 9.04. The maximum Gasteiger partial charge on any atom is 0.186 e. The van der Waals surface area contributed by atoms with Gasteiger partial charge in [-0.1, -0.05) is 11.6 Å². The first kappa shape index (κ1) is 15.0. The molecule has 0 amide bonds. The molecule has 19 heavy (non-hydrogen) atoms. The van der Waals surface area contributed by atoms with Crippen LogP contribution in [0.15, 0.2) is 12.1 Å². The predicted molar refractivity (Wildman–Crippen MR) is 81.4 cm³/mol. The van der Waals surface area contributed by atoms with Crippen LogP contribution in [0, 0.1) is 5.92 Å². The molecule has 1 saturated heterocycles. The third kappa shape index (κ3) is 4.56. The molecule has 0 saturated carbocycles. The van der Waals surface area contributed by atoms with Crippen molar-refractivity contribution in [3.05, 3.63) is 21.3 Å².